The highest BCUT2D eigenvalue weighted by atomic mass is 16.7. The molecule has 4 heterocycles. The van der Waals surface area contributed by atoms with Gasteiger partial charge in [-0.2, -0.15) is 0 Å². The number of piperidine rings is 1. The van der Waals surface area contributed by atoms with Crippen LogP contribution in [0.1, 0.15) is 50.4 Å². The van der Waals surface area contributed by atoms with Crippen LogP contribution in [0.15, 0.2) is 30.3 Å². The van der Waals surface area contributed by atoms with Gasteiger partial charge < -0.3 is 9.88 Å². The van der Waals surface area contributed by atoms with Crippen LogP contribution in [-0.4, -0.2) is 59.6 Å². The number of carbonyl (C=O) groups is 2. The van der Waals surface area contributed by atoms with Crippen LogP contribution in [-0.2, 0) is 20.8 Å². The van der Waals surface area contributed by atoms with Crippen LogP contribution < -0.4 is 5.32 Å². The minimum Gasteiger partial charge on any atom is -0.339 e. The molecule has 1 aromatic heterocycles. The van der Waals surface area contributed by atoms with E-state index in [0.29, 0.717) is 11.7 Å². The smallest absolute Gasteiger partial charge is 0.268 e. The van der Waals surface area contributed by atoms with Crippen LogP contribution in [0.4, 0.5) is 0 Å². The molecular formula is C25H32N4O3. The number of nitrogens with zero attached hydrogens (tertiary/aromatic N) is 3. The quantitative estimate of drug-likeness (QED) is 0.732. The average Bonchev–Trinajstić information content (AvgIpc) is 3.16. The number of hydrogen-bond acceptors (Lipinski definition) is 4. The second-order valence-corrected chi connectivity index (χ2v) is 9.34. The number of hydrogen-bond donors (Lipinski definition) is 1. The summed E-state index contributed by atoms with van der Waals surface area (Å²) in [5, 5.41) is 5.32. The molecule has 7 heteroatoms. The highest BCUT2D eigenvalue weighted by Crippen LogP contribution is 2.56. The molecule has 0 aliphatic carbocycles. The minimum atomic E-state index is -0.691. The Hall–Kier alpha value is -2.64. The van der Waals surface area contributed by atoms with E-state index < -0.39 is 6.04 Å². The lowest BCUT2D eigenvalue weighted by Gasteiger charge is -2.53. The molecule has 7 nitrogen and oxygen atoms in total. The van der Waals surface area contributed by atoms with E-state index in [2.05, 4.69) is 46.0 Å². The van der Waals surface area contributed by atoms with Crippen LogP contribution in [0.3, 0.4) is 0 Å². The fraction of sp³-hybridized carbons (Fsp3) is 0.520. The first-order chi connectivity index (χ1) is 15.4. The number of aromatic nitrogens is 1. The Morgan fingerprint density at radius 2 is 2.09 bits per heavy atom. The molecule has 1 N–H and O–H groups in total. The van der Waals surface area contributed by atoms with Gasteiger partial charge in [0.1, 0.15) is 11.7 Å². The van der Waals surface area contributed by atoms with Gasteiger partial charge in [-0.3, -0.25) is 19.3 Å². The van der Waals surface area contributed by atoms with Gasteiger partial charge in [-0.15, -0.1) is 0 Å². The van der Waals surface area contributed by atoms with Gasteiger partial charge in [0.15, 0.2) is 0 Å². The van der Waals surface area contributed by atoms with Gasteiger partial charge >= 0.3 is 0 Å². The first-order valence-corrected chi connectivity index (χ1v) is 11.6. The molecule has 0 unspecified atom stereocenters. The molecule has 1 saturated heterocycles. The number of hydroxylamine groups is 2. The Morgan fingerprint density at radius 3 is 2.84 bits per heavy atom. The molecule has 0 saturated carbocycles. The predicted octanol–water partition coefficient (Wildman–Crippen LogP) is 3.11. The van der Waals surface area contributed by atoms with Crippen molar-refractivity contribution < 1.29 is 14.4 Å². The van der Waals surface area contributed by atoms with Crippen molar-refractivity contribution in [3.05, 3.63) is 41.6 Å². The summed E-state index contributed by atoms with van der Waals surface area (Å²) in [5.74, 6) is -0.503. The summed E-state index contributed by atoms with van der Waals surface area (Å²) < 4.78 is 2.17. The average molecular weight is 437 g/mol. The fourth-order valence-corrected chi connectivity index (χ4v) is 6.14. The van der Waals surface area contributed by atoms with Crippen molar-refractivity contribution in [1.82, 2.24) is 19.8 Å². The maximum Gasteiger partial charge on any atom is 0.268 e. The van der Waals surface area contributed by atoms with Crippen molar-refractivity contribution in [2.24, 2.45) is 5.41 Å². The Kier molecular flexibility index (Phi) is 5.13. The van der Waals surface area contributed by atoms with Gasteiger partial charge in [-0.05, 0) is 56.9 Å². The maximum atomic E-state index is 13.6. The molecule has 3 aliphatic heterocycles. The van der Waals surface area contributed by atoms with E-state index in [0.717, 1.165) is 49.4 Å². The van der Waals surface area contributed by atoms with Crippen LogP contribution >= 0.6 is 0 Å². The molecule has 0 radical (unpaired) electrons. The zero-order valence-electron chi connectivity index (χ0n) is 19.4. The molecule has 1 fully saturated rings. The van der Waals surface area contributed by atoms with E-state index in [4.69, 9.17) is 4.84 Å². The van der Waals surface area contributed by atoms with Crippen molar-refractivity contribution in [1.29, 1.82) is 0 Å². The highest BCUT2D eigenvalue weighted by molar-refractivity contribution is 6.17. The van der Waals surface area contributed by atoms with Crippen LogP contribution in [0.25, 0.3) is 16.6 Å². The summed E-state index contributed by atoms with van der Waals surface area (Å²) in [4.78, 5) is 33.8. The molecule has 1 aromatic carbocycles. The van der Waals surface area contributed by atoms with E-state index in [1.807, 2.05) is 6.07 Å². The molecule has 3 atom stereocenters. The summed E-state index contributed by atoms with van der Waals surface area (Å²) in [5.41, 5.74) is 4.30. The van der Waals surface area contributed by atoms with Crippen molar-refractivity contribution >= 4 is 28.4 Å². The molecule has 170 valence electrons. The Bertz CT molecular complexity index is 1120. The zero-order chi connectivity index (χ0) is 22.6. The molecule has 0 spiro atoms. The van der Waals surface area contributed by atoms with Crippen molar-refractivity contribution in [3.8, 4) is 0 Å². The third-order valence-electron chi connectivity index (χ3n) is 7.78. The van der Waals surface area contributed by atoms with E-state index in [1.54, 1.807) is 14.0 Å². The Balaban J connectivity index is 1.65. The monoisotopic (exact) mass is 436 g/mol. The van der Waals surface area contributed by atoms with Crippen molar-refractivity contribution in [3.63, 3.8) is 0 Å². The first kappa shape index (κ1) is 21.2. The second-order valence-electron chi connectivity index (χ2n) is 9.34. The predicted molar refractivity (Wildman–Crippen MR) is 124 cm³/mol. The molecule has 0 bridgehead atoms. The second kappa shape index (κ2) is 7.74. The molecule has 32 heavy (non-hydrogen) atoms. The number of carbonyl (C=O) groups excluding carboxylic acids is 2. The normalized spacial score (nSPS) is 25.1. The number of nitrogens with one attached hydrogen (secondary N) is 1. The molecular weight excluding hydrogens is 404 g/mol. The molecule has 5 rings (SSSR count). The minimum absolute atomic E-state index is 0.0684. The lowest BCUT2D eigenvalue weighted by atomic mass is 9.66. The molecule has 2 amide bonds. The third kappa shape index (κ3) is 2.94. The molecule has 3 aliphatic rings. The van der Waals surface area contributed by atoms with Crippen LogP contribution in [0.5, 0.6) is 0 Å². The highest BCUT2D eigenvalue weighted by Gasteiger charge is 2.51. The van der Waals surface area contributed by atoms with Gasteiger partial charge in [-0.25, -0.2) is 5.06 Å². The van der Waals surface area contributed by atoms with Gasteiger partial charge in [0, 0.05) is 30.1 Å². The zero-order valence-corrected chi connectivity index (χ0v) is 19.4. The Morgan fingerprint density at radius 1 is 1.31 bits per heavy atom. The van der Waals surface area contributed by atoms with E-state index in [9.17, 15) is 9.59 Å². The summed E-state index contributed by atoms with van der Waals surface area (Å²) in [7, 11) is 2.99. The van der Waals surface area contributed by atoms with Crippen LogP contribution in [0, 0.1) is 5.41 Å². The molecule has 2 aromatic rings. The number of benzene rings is 1. The SMILES string of the molecule is CC[C@@]12C=C(C(=O)N[C@@H](C)C(=O)N(C)OC)n3c4c(c5ccccc53)CCN(CCC1)[C@H]42. The number of likely N-dealkylation sites (N-methyl/N-ethyl adjacent to an activating group) is 1. The summed E-state index contributed by atoms with van der Waals surface area (Å²) in [6.07, 6.45) is 6.40. The summed E-state index contributed by atoms with van der Waals surface area (Å²) >= 11 is 0. The van der Waals surface area contributed by atoms with Gasteiger partial charge in [0.25, 0.3) is 11.8 Å². The summed E-state index contributed by atoms with van der Waals surface area (Å²) in [6.45, 7) is 6.11. The van der Waals surface area contributed by atoms with Gasteiger partial charge in [0.2, 0.25) is 0 Å². The summed E-state index contributed by atoms with van der Waals surface area (Å²) in [6, 6.07) is 8.01. The number of rotatable bonds is 5. The third-order valence-corrected chi connectivity index (χ3v) is 7.78. The van der Waals surface area contributed by atoms with Crippen molar-refractivity contribution in [2.75, 3.05) is 27.2 Å². The van der Waals surface area contributed by atoms with Gasteiger partial charge in [0.05, 0.1) is 18.7 Å². The van der Waals surface area contributed by atoms with Gasteiger partial charge in [-0.1, -0.05) is 25.1 Å². The van der Waals surface area contributed by atoms with E-state index >= 15 is 0 Å². The largest absolute Gasteiger partial charge is 0.339 e. The number of fused-ring (bicyclic) bond motifs is 3. The number of para-hydroxylation sites is 1. The lowest BCUT2D eigenvalue weighted by molar-refractivity contribution is -0.171. The maximum absolute atomic E-state index is 13.6. The standard InChI is InChI=1S/C25H32N4O3/c1-5-25-12-8-13-28-14-11-18-17-9-6-7-10-19(17)29(21(18)22(25)28)20(15-25)23(30)26-16(2)24(31)27(3)32-4/h6-7,9-10,15-16,22H,5,8,11-14H2,1-4H3,(H,26,30)/t16-,22+,25-/m0/s1. The number of amides is 2. The van der Waals surface area contributed by atoms with E-state index in [-0.39, 0.29) is 17.2 Å². The van der Waals surface area contributed by atoms with E-state index in [1.165, 1.54) is 23.8 Å². The Labute approximate surface area is 188 Å². The first-order valence-electron chi connectivity index (χ1n) is 11.6. The topological polar surface area (TPSA) is 66.8 Å². The van der Waals surface area contributed by atoms with Crippen LogP contribution in [0.2, 0.25) is 0 Å². The van der Waals surface area contributed by atoms with Crippen molar-refractivity contribution in [2.45, 2.75) is 51.6 Å². The fourth-order valence-electron chi connectivity index (χ4n) is 6.14. The lowest BCUT2D eigenvalue weighted by Crippen LogP contribution is -2.52.